The molecule has 7 saturated carbocycles. The summed E-state index contributed by atoms with van der Waals surface area (Å²) in [5.74, 6) is 12.4. The number of aromatic hydroxyl groups is 5. The highest BCUT2D eigenvalue weighted by atomic mass is 16.7. The van der Waals surface area contributed by atoms with Crippen molar-refractivity contribution < 1.29 is 54.0 Å². The van der Waals surface area contributed by atoms with Crippen molar-refractivity contribution in [1.82, 2.24) is 0 Å². The lowest BCUT2D eigenvalue weighted by atomic mass is 9.73. The van der Waals surface area contributed by atoms with Crippen molar-refractivity contribution in [2.75, 3.05) is 39.6 Å². The molecule has 802 valence electrons. The summed E-state index contributed by atoms with van der Waals surface area (Å²) in [6.07, 6.45) is 33.5. The minimum atomic E-state index is -0.317. The summed E-state index contributed by atoms with van der Waals surface area (Å²) < 4.78 is 36.6. The molecule has 0 aromatic heterocycles. The Labute approximate surface area is 877 Å². The molecule has 0 radical (unpaired) electrons. The number of rotatable bonds is 12. The Hall–Kier alpha value is -6.18. The molecule has 144 heavy (non-hydrogen) atoms. The van der Waals surface area contributed by atoms with Gasteiger partial charge in [-0.3, -0.25) is 0 Å². The van der Waals surface area contributed by atoms with E-state index in [4.69, 9.17) is 28.4 Å². The van der Waals surface area contributed by atoms with Gasteiger partial charge in [0.25, 0.3) is 0 Å². The van der Waals surface area contributed by atoms with Crippen molar-refractivity contribution in [2.45, 2.75) is 511 Å². The second-order valence-electron chi connectivity index (χ2n) is 59.7. The molecular formula is C133H204O11. The summed E-state index contributed by atoms with van der Waals surface area (Å²) in [6.45, 7) is 86.3. The maximum atomic E-state index is 10.9. The zero-order valence-corrected chi connectivity index (χ0v) is 98.0. The minimum Gasteiger partial charge on any atom is -0.507 e. The molecule has 0 bridgehead atoms. The lowest BCUT2D eigenvalue weighted by Gasteiger charge is -2.34. The lowest BCUT2D eigenvalue weighted by Crippen LogP contribution is -2.32. The van der Waals surface area contributed by atoms with Gasteiger partial charge in [-0.05, 0) is 404 Å². The molecule has 0 amide bonds. The average Bonchev–Trinajstić information content (AvgIpc) is 1.14. The highest BCUT2D eigenvalue weighted by Gasteiger charge is 2.45. The van der Waals surface area contributed by atoms with Gasteiger partial charge in [0, 0.05) is 40.4 Å². The van der Waals surface area contributed by atoms with E-state index in [1.54, 1.807) is 0 Å². The molecule has 6 aromatic carbocycles. The van der Waals surface area contributed by atoms with Crippen LogP contribution in [0.4, 0.5) is 0 Å². The number of benzene rings is 6. The van der Waals surface area contributed by atoms with Crippen LogP contribution >= 0.6 is 0 Å². The van der Waals surface area contributed by atoms with E-state index in [1.807, 2.05) is 0 Å². The zero-order chi connectivity index (χ0) is 106. The molecule has 6 aromatic rings. The van der Waals surface area contributed by atoms with Crippen molar-refractivity contribution in [1.29, 1.82) is 0 Å². The van der Waals surface area contributed by atoms with Crippen LogP contribution < -0.4 is 0 Å². The fourth-order valence-corrected chi connectivity index (χ4v) is 23.8. The second kappa shape index (κ2) is 43.9. The van der Waals surface area contributed by atoms with E-state index in [-0.39, 0.29) is 83.7 Å². The number of allylic oxidation sites excluding steroid dienone is 2. The summed E-state index contributed by atoms with van der Waals surface area (Å²) in [5.41, 5.74) is 23.7. The summed E-state index contributed by atoms with van der Waals surface area (Å²) >= 11 is 0. The monoisotopic (exact) mass is 1980 g/mol. The van der Waals surface area contributed by atoms with E-state index in [0.29, 0.717) is 64.4 Å². The van der Waals surface area contributed by atoms with Crippen LogP contribution in [0.15, 0.2) is 78.9 Å². The van der Waals surface area contributed by atoms with Crippen molar-refractivity contribution in [3.05, 3.63) is 185 Å². The van der Waals surface area contributed by atoms with Gasteiger partial charge in [0.05, 0.1) is 51.8 Å². The number of hydrogen-bond acceptors (Lipinski definition) is 11. The Morgan fingerprint density at radius 2 is 0.486 bits per heavy atom. The third-order valence-electron chi connectivity index (χ3n) is 34.2. The van der Waals surface area contributed by atoms with Crippen LogP contribution in [0.1, 0.15) is 533 Å². The van der Waals surface area contributed by atoms with E-state index >= 15 is 0 Å². The molecular weight excluding hydrogens is 1770 g/mol. The van der Waals surface area contributed by atoms with Crippen molar-refractivity contribution in [2.24, 2.45) is 59.2 Å². The van der Waals surface area contributed by atoms with Crippen molar-refractivity contribution in [3.63, 3.8) is 0 Å². The van der Waals surface area contributed by atoms with Gasteiger partial charge in [-0.1, -0.05) is 292 Å². The Balaban J connectivity index is 0.000000145. The van der Waals surface area contributed by atoms with Crippen LogP contribution in [0.2, 0.25) is 0 Å². The highest BCUT2D eigenvalue weighted by molar-refractivity contribution is 5.70. The normalized spacial score (nSPS) is 25.2. The van der Waals surface area contributed by atoms with Gasteiger partial charge < -0.3 is 54.0 Å². The molecule has 4 saturated heterocycles. The summed E-state index contributed by atoms with van der Waals surface area (Å²) in [6, 6.07) is 26.9. The molecule has 4 aliphatic heterocycles. The Morgan fingerprint density at radius 3 is 0.799 bits per heavy atom. The van der Waals surface area contributed by atoms with E-state index < -0.39 is 0 Å². The smallest absolute Gasteiger partial charge is 0.183 e. The standard InChI is InChI=1S/C23H36O.C23H34O.3C22H34O2.C21H32O3/c2*1-22(2,3)19-13-18(14-20(21(19)24)23(4,5)6)17-11-9-16(10-12-17)15-7-8-15;1-14-18(21(2,3)4)10-16(11-19(14)22(5,6)7)17-12-23-20(24-13-17)15-8-9-15;1-21(2,3)17-11-16(12-18(20(17)23)22(4,5)6)15-9-10-19(24-13-15)14-7-8-14;1-21(2,3)17-11-16(12-18(20(17)23)22(4,5)6)19-10-9-15(13-24-19)14-7-8-14;1-20(2,3)16-9-14(10-17(18(16)22)21(4,5)6)19-23-11-15(12-24-19)13-7-8-13/h13-17,24H,7-12H2,1-6H3;11,13-16,24H,7-10,12H2,1-6H3;10-11,15,17,20H,8-9,12-13H2,1-7H3;2*11-12,14-15,19,23H,7-10,13H2,1-6H3;9-10,13,15,19,22H,7-8,11-12H2,1-6H3. The first-order valence-electron chi connectivity index (χ1n) is 57.4. The maximum absolute atomic E-state index is 10.9. The minimum absolute atomic E-state index is 0.0225. The van der Waals surface area contributed by atoms with Crippen LogP contribution in [0.25, 0.3) is 5.57 Å². The second-order valence-corrected chi connectivity index (χ2v) is 59.7. The maximum Gasteiger partial charge on any atom is 0.183 e. The van der Waals surface area contributed by atoms with Gasteiger partial charge in [0.2, 0.25) is 0 Å². The van der Waals surface area contributed by atoms with Crippen LogP contribution in [-0.4, -0.2) is 77.6 Å². The molecule has 8 aliphatic carbocycles. The number of phenolic OH excluding ortho intramolecular Hbond substituents is 5. The third-order valence-corrected chi connectivity index (χ3v) is 34.2. The highest BCUT2D eigenvalue weighted by Crippen LogP contribution is 2.56. The molecule has 5 atom stereocenters. The summed E-state index contributed by atoms with van der Waals surface area (Å²) in [7, 11) is 0. The third kappa shape index (κ3) is 29.8. The molecule has 5 N–H and O–H groups in total. The van der Waals surface area contributed by atoms with Gasteiger partial charge in [-0.15, -0.1) is 0 Å². The molecule has 12 aliphatic rings. The first-order chi connectivity index (χ1) is 66.4. The Kier molecular flexibility index (Phi) is 35.0. The Bertz CT molecular complexity index is 4480. The van der Waals surface area contributed by atoms with E-state index in [9.17, 15) is 25.5 Å². The number of hydrogen-bond donors (Lipinski definition) is 5. The van der Waals surface area contributed by atoms with E-state index in [0.717, 1.165) is 155 Å². The quantitative estimate of drug-likeness (QED) is 0.0795. The molecule has 5 unspecified atom stereocenters. The summed E-state index contributed by atoms with van der Waals surface area (Å²) in [4.78, 5) is 0. The van der Waals surface area contributed by atoms with Gasteiger partial charge >= 0.3 is 0 Å². The predicted molar refractivity (Wildman–Crippen MR) is 602 cm³/mol. The molecule has 18 rings (SSSR count). The zero-order valence-electron chi connectivity index (χ0n) is 98.0. The lowest BCUT2D eigenvalue weighted by molar-refractivity contribution is -0.208. The molecule has 0 spiro atoms. The van der Waals surface area contributed by atoms with E-state index in [2.05, 4.69) is 335 Å². The van der Waals surface area contributed by atoms with Crippen molar-refractivity contribution in [3.8, 4) is 28.7 Å². The molecule has 11 heteroatoms. The number of phenols is 5. The molecule has 4 heterocycles. The van der Waals surface area contributed by atoms with Crippen LogP contribution in [0.3, 0.4) is 0 Å². The van der Waals surface area contributed by atoms with Gasteiger partial charge in [0.1, 0.15) is 28.7 Å². The van der Waals surface area contributed by atoms with Gasteiger partial charge in [-0.2, -0.15) is 0 Å². The fourth-order valence-electron chi connectivity index (χ4n) is 23.8. The molecule has 11 fully saturated rings. The first-order valence-corrected chi connectivity index (χ1v) is 57.4. The molecule has 11 nitrogen and oxygen atoms in total. The van der Waals surface area contributed by atoms with Gasteiger partial charge in [-0.25, -0.2) is 0 Å². The van der Waals surface area contributed by atoms with Crippen LogP contribution in [0.5, 0.6) is 28.7 Å². The fraction of sp³-hybridized carbons (Fsp3) is 0.714. The van der Waals surface area contributed by atoms with Crippen LogP contribution in [0, 0.1) is 66.1 Å². The van der Waals surface area contributed by atoms with Crippen molar-refractivity contribution >= 4 is 5.57 Å². The Morgan fingerprint density at radius 1 is 0.215 bits per heavy atom. The summed E-state index contributed by atoms with van der Waals surface area (Å²) in [5, 5.41) is 54.4. The van der Waals surface area contributed by atoms with E-state index in [1.165, 1.54) is 191 Å². The van der Waals surface area contributed by atoms with Gasteiger partial charge in [0.15, 0.2) is 12.6 Å². The number of ether oxygens (including phenoxy) is 6. The predicted octanol–water partition coefficient (Wildman–Crippen LogP) is 35.3. The SMILES string of the molecule is CC(C)(C)c1cc(C2=CCC(C3CC3)CC2)cc(C(C)(C)C)c1O.CC(C)(C)c1cc(C2CCC(C3CC3)CC2)cc(C(C)(C)C)c1O.CC(C)(C)c1cc(C2CCC(C3CC3)CO2)cc(C(C)(C)C)c1O.CC(C)(C)c1cc(C2CCC(C3CC3)OC2)cc(C(C)(C)C)c1O.CC(C)(C)c1cc(C2OCC(C3CC3)CO2)cc(C(C)(C)C)c1O.Cc1c(C(C)(C)C)cc(C2COC(C3CC3)OC2)cc1C(C)(C)C. The topological polar surface area (TPSA) is 157 Å². The van der Waals surface area contributed by atoms with Crippen LogP contribution in [-0.2, 0) is 93.4 Å². The average molecular weight is 1980 g/mol. The largest absolute Gasteiger partial charge is 0.507 e. The first kappa shape index (κ1) is 115.